The molecule has 0 saturated heterocycles. The van der Waals surface area contributed by atoms with Crippen molar-refractivity contribution in [3.05, 3.63) is 68.7 Å². The number of carboxylic acids is 1. The lowest BCUT2D eigenvalue weighted by atomic mass is 9.80. The Labute approximate surface area is 247 Å². The lowest BCUT2D eigenvalue weighted by Crippen LogP contribution is -2.29. The second-order valence-electron chi connectivity index (χ2n) is 11.7. The van der Waals surface area contributed by atoms with Crippen LogP contribution in [0, 0.1) is 27.7 Å². The second kappa shape index (κ2) is 11.3. The van der Waals surface area contributed by atoms with E-state index in [-0.39, 0.29) is 0 Å². The van der Waals surface area contributed by atoms with Gasteiger partial charge in [0.1, 0.15) is 5.75 Å². The average Bonchev–Trinajstić information content (AvgIpc) is 2.86. The number of anilines is 1. The van der Waals surface area contributed by atoms with E-state index in [1.165, 1.54) is 0 Å². The summed E-state index contributed by atoms with van der Waals surface area (Å²) in [6.07, 6.45) is 1.46. The van der Waals surface area contributed by atoms with Crippen molar-refractivity contribution in [2.75, 3.05) is 17.6 Å². The number of ether oxygens (including phenoxy) is 2. The predicted octanol–water partition coefficient (Wildman–Crippen LogP) is 7.54. The van der Waals surface area contributed by atoms with Crippen molar-refractivity contribution in [3.63, 3.8) is 0 Å². The molecule has 0 amide bonds. The van der Waals surface area contributed by atoms with Gasteiger partial charge in [-0.3, -0.25) is 4.72 Å². The summed E-state index contributed by atoms with van der Waals surface area (Å²) in [6, 6.07) is 9.44. The molecule has 0 spiro atoms. The van der Waals surface area contributed by atoms with Gasteiger partial charge in [0.05, 0.1) is 24.2 Å². The number of nitrogens with one attached hydrogen (secondary N) is 1. The molecule has 0 saturated carbocycles. The fourth-order valence-electron chi connectivity index (χ4n) is 5.64. The largest absolute Gasteiger partial charge is 0.493 e. The quantitative estimate of drug-likeness (QED) is 0.291. The number of benzene rings is 3. The van der Waals surface area contributed by atoms with E-state index >= 15 is 0 Å². The van der Waals surface area contributed by atoms with Crippen LogP contribution in [0.25, 0.3) is 22.3 Å². The van der Waals surface area contributed by atoms with Gasteiger partial charge in [0.15, 0.2) is 6.10 Å². The summed E-state index contributed by atoms with van der Waals surface area (Å²) in [7, 11) is -3.74. The molecule has 3 aromatic rings. The van der Waals surface area contributed by atoms with Crippen LogP contribution < -0.4 is 9.46 Å². The number of carbonyl (C=O) groups is 1. The molecule has 4 rings (SSSR count). The summed E-state index contributed by atoms with van der Waals surface area (Å²) in [5.74, 6) is -0.332. The number of hydrogen-bond donors (Lipinski definition) is 2. The molecule has 1 atom stereocenters. The van der Waals surface area contributed by atoms with Crippen LogP contribution in [0.5, 0.6) is 5.75 Å². The lowest BCUT2D eigenvalue weighted by Gasteiger charge is -2.32. The van der Waals surface area contributed by atoms with Crippen molar-refractivity contribution in [2.45, 2.75) is 73.0 Å². The molecule has 1 aliphatic rings. The highest BCUT2D eigenvalue weighted by Gasteiger charge is 2.35. The molecule has 0 aromatic heterocycles. The van der Waals surface area contributed by atoms with Crippen molar-refractivity contribution in [3.8, 4) is 28.0 Å². The number of halogens is 1. The first-order valence-electron chi connectivity index (χ1n) is 13.6. The van der Waals surface area contributed by atoms with Crippen LogP contribution in [0.2, 0.25) is 5.02 Å². The molecule has 41 heavy (non-hydrogen) atoms. The minimum atomic E-state index is -3.74. The maximum absolute atomic E-state index is 12.9. The van der Waals surface area contributed by atoms with Crippen LogP contribution in [0.15, 0.2) is 30.3 Å². The van der Waals surface area contributed by atoms with E-state index in [0.717, 1.165) is 58.2 Å². The normalized spacial score (nSPS) is 14.3. The van der Waals surface area contributed by atoms with Crippen LogP contribution in [0.1, 0.15) is 66.7 Å². The molecule has 0 aliphatic carbocycles. The second-order valence-corrected chi connectivity index (χ2v) is 13.9. The molecule has 9 heteroatoms. The molecule has 0 radical (unpaired) electrons. The summed E-state index contributed by atoms with van der Waals surface area (Å²) in [5.41, 5.74) is 7.00. The Morgan fingerprint density at radius 3 is 2.32 bits per heavy atom. The molecule has 220 valence electrons. The summed E-state index contributed by atoms with van der Waals surface area (Å²) < 4.78 is 40.2. The van der Waals surface area contributed by atoms with Crippen molar-refractivity contribution >= 4 is 33.3 Å². The maximum Gasteiger partial charge on any atom is 0.337 e. The Kier molecular flexibility index (Phi) is 8.52. The molecule has 3 aromatic carbocycles. The molecule has 0 bridgehead atoms. The third-order valence-electron chi connectivity index (χ3n) is 7.39. The van der Waals surface area contributed by atoms with Gasteiger partial charge >= 0.3 is 5.97 Å². The number of carboxylic acid groups (broad SMARTS) is 1. The van der Waals surface area contributed by atoms with Crippen LogP contribution in [0.3, 0.4) is 0 Å². The van der Waals surface area contributed by atoms with E-state index in [9.17, 15) is 18.3 Å². The van der Waals surface area contributed by atoms with E-state index in [4.69, 9.17) is 21.1 Å². The molecule has 2 N–H and O–H groups in total. The number of fused-ring (bicyclic) bond motifs is 1. The lowest BCUT2D eigenvalue weighted by molar-refractivity contribution is -0.160. The molecule has 1 aliphatic heterocycles. The standard InChI is InChI=1S/C32H38ClNO6S/c1-17-16-21(11-13-24(17)33)26-19(3)27(23-12-14-25-22(18(23)2)10-9-15-39-25)28(20(4)29(26)34-41(8,37)38)30(31(35)36)40-32(5,6)7/h11-14,16,30,34H,9-10,15H2,1-8H3,(H,35,36)/t30-/m0/s1. The average molecular weight is 600 g/mol. The number of hydrogen-bond acceptors (Lipinski definition) is 5. The topological polar surface area (TPSA) is 102 Å². The van der Waals surface area contributed by atoms with Gasteiger partial charge < -0.3 is 14.6 Å². The number of aliphatic carboxylic acids is 1. The van der Waals surface area contributed by atoms with Crippen molar-refractivity contribution < 1.29 is 27.8 Å². The molecule has 0 fully saturated rings. The monoisotopic (exact) mass is 599 g/mol. The van der Waals surface area contributed by atoms with E-state index in [0.29, 0.717) is 39.6 Å². The Balaban J connectivity index is 2.21. The van der Waals surface area contributed by atoms with Gasteiger partial charge in [-0.25, -0.2) is 13.2 Å². The summed E-state index contributed by atoms with van der Waals surface area (Å²) in [6.45, 7) is 13.6. The zero-order chi connectivity index (χ0) is 30.4. The van der Waals surface area contributed by atoms with Crippen LogP contribution in [-0.4, -0.2) is 38.0 Å². The number of rotatable bonds is 7. The van der Waals surface area contributed by atoms with Gasteiger partial charge in [0.2, 0.25) is 10.0 Å². The summed E-state index contributed by atoms with van der Waals surface area (Å²) in [5, 5.41) is 11.1. The first kappa shape index (κ1) is 30.9. The molecular weight excluding hydrogens is 562 g/mol. The first-order valence-corrected chi connectivity index (χ1v) is 15.8. The third-order valence-corrected chi connectivity index (χ3v) is 8.39. The SMILES string of the molecule is Cc1cc(-c2c(C)c(-c3ccc4c(c3C)CCCO4)c([C@H](OC(C)(C)C)C(=O)O)c(C)c2NS(C)(=O)=O)ccc1Cl. The fraction of sp³-hybridized carbons (Fsp3) is 0.406. The zero-order valence-corrected chi connectivity index (χ0v) is 26.4. The van der Waals surface area contributed by atoms with Gasteiger partial charge in [-0.05, 0) is 124 Å². The molecular formula is C32H38ClNO6S. The number of sulfonamides is 1. The Morgan fingerprint density at radius 1 is 1.05 bits per heavy atom. The van der Waals surface area contributed by atoms with E-state index in [2.05, 4.69) is 4.72 Å². The van der Waals surface area contributed by atoms with Crippen molar-refractivity contribution in [2.24, 2.45) is 0 Å². The van der Waals surface area contributed by atoms with E-state index < -0.39 is 27.7 Å². The highest BCUT2D eigenvalue weighted by atomic mass is 35.5. The third kappa shape index (κ3) is 6.40. The minimum absolute atomic E-state index is 0.313. The van der Waals surface area contributed by atoms with E-state index in [1.54, 1.807) is 33.8 Å². The van der Waals surface area contributed by atoms with Gasteiger partial charge in [-0.2, -0.15) is 0 Å². The van der Waals surface area contributed by atoms with Gasteiger partial charge in [0.25, 0.3) is 0 Å². The fourth-order valence-corrected chi connectivity index (χ4v) is 6.38. The predicted molar refractivity (Wildman–Crippen MR) is 165 cm³/mol. The van der Waals surface area contributed by atoms with Gasteiger partial charge in [-0.1, -0.05) is 23.7 Å². The van der Waals surface area contributed by atoms with Crippen LogP contribution in [-0.2, 0) is 26.0 Å². The smallest absolute Gasteiger partial charge is 0.337 e. The summed E-state index contributed by atoms with van der Waals surface area (Å²) in [4.78, 5) is 12.9. The maximum atomic E-state index is 12.9. The highest BCUT2D eigenvalue weighted by Crippen LogP contribution is 2.49. The van der Waals surface area contributed by atoms with Crippen LogP contribution >= 0.6 is 11.6 Å². The zero-order valence-electron chi connectivity index (χ0n) is 24.9. The van der Waals surface area contributed by atoms with Gasteiger partial charge in [0, 0.05) is 16.1 Å². The molecule has 0 unspecified atom stereocenters. The van der Waals surface area contributed by atoms with Gasteiger partial charge in [-0.15, -0.1) is 0 Å². The summed E-state index contributed by atoms with van der Waals surface area (Å²) >= 11 is 6.36. The van der Waals surface area contributed by atoms with Crippen molar-refractivity contribution in [1.82, 2.24) is 0 Å². The van der Waals surface area contributed by atoms with E-state index in [1.807, 2.05) is 45.0 Å². The first-order chi connectivity index (χ1) is 19.0. The molecule has 1 heterocycles. The number of aryl methyl sites for hydroxylation is 1. The Morgan fingerprint density at radius 2 is 1.73 bits per heavy atom. The molecule has 7 nitrogen and oxygen atoms in total. The van der Waals surface area contributed by atoms with Crippen LogP contribution in [0.4, 0.5) is 5.69 Å². The Hall–Kier alpha value is -3.07. The Bertz CT molecular complexity index is 1640. The van der Waals surface area contributed by atoms with Crippen molar-refractivity contribution in [1.29, 1.82) is 0 Å². The highest BCUT2D eigenvalue weighted by molar-refractivity contribution is 7.92. The minimum Gasteiger partial charge on any atom is -0.493 e.